The molecule has 2 saturated heterocycles. The van der Waals surface area contributed by atoms with Gasteiger partial charge in [0.05, 0.1) is 17.5 Å². The lowest BCUT2D eigenvalue weighted by molar-refractivity contribution is -0.00221. The summed E-state index contributed by atoms with van der Waals surface area (Å²) in [5.41, 5.74) is 6.09. The van der Waals surface area contributed by atoms with Crippen LogP contribution in [0, 0.1) is 0 Å². The Morgan fingerprint density at radius 2 is 2.00 bits per heavy atom. The molecule has 0 aromatic carbocycles. The molecule has 5 heteroatoms. The lowest BCUT2D eigenvalue weighted by Crippen LogP contribution is -2.54. The molecule has 2 fully saturated rings. The van der Waals surface area contributed by atoms with E-state index in [2.05, 4.69) is 14.8 Å². The first-order chi connectivity index (χ1) is 9.65. The molecular weight excluding hydrogens is 252 g/mol. The van der Waals surface area contributed by atoms with E-state index >= 15 is 0 Å². The second-order valence-corrected chi connectivity index (χ2v) is 6.17. The van der Waals surface area contributed by atoms with Crippen LogP contribution in [0.2, 0.25) is 0 Å². The lowest BCUT2D eigenvalue weighted by Gasteiger charge is -2.42. The van der Waals surface area contributed by atoms with E-state index in [0.29, 0.717) is 12.4 Å². The van der Waals surface area contributed by atoms with Crippen molar-refractivity contribution in [2.24, 2.45) is 0 Å². The molecule has 1 aromatic heterocycles. The summed E-state index contributed by atoms with van der Waals surface area (Å²) in [4.78, 5) is 8.77. The number of anilines is 2. The van der Waals surface area contributed by atoms with Crippen molar-refractivity contribution in [1.82, 2.24) is 9.88 Å². The number of hydrogen-bond acceptors (Lipinski definition) is 5. The van der Waals surface area contributed by atoms with Gasteiger partial charge in [0, 0.05) is 19.6 Å². The van der Waals surface area contributed by atoms with E-state index in [4.69, 9.17) is 5.73 Å². The number of likely N-dealkylation sites (tertiary alicyclic amines) is 1. The SMILES string of the molecule is Nc1ccc(N2CCCC(O)(CN3CCCC3)C2)cn1. The highest BCUT2D eigenvalue weighted by molar-refractivity contribution is 5.48. The minimum Gasteiger partial charge on any atom is -0.387 e. The summed E-state index contributed by atoms with van der Waals surface area (Å²) in [5.74, 6) is 0.540. The Labute approximate surface area is 120 Å². The van der Waals surface area contributed by atoms with Gasteiger partial charge in [0.25, 0.3) is 0 Å². The van der Waals surface area contributed by atoms with Crippen molar-refractivity contribution in [2.45, 2.75) is 31.3 Å². The average molecular weight is 276 g/mol. The monoisotopic (exact) mass is 276 g/mol. The fraction of sp³-hybridized carbons (Fsp3) is 0.667. The quantitative estimate of drug-likeness (QED) is 0.865. The van der Waals surface area contributed by atoms with E-state index in [1.54, 1.807) is 6.20 Å². The molecule has 0 radical (unpaired) electrons. The van der Waals surface area contributed by atoms with Crippen LogP contribution >= 0.6 is 0 Å². The van der Waals surface area contributed by atoms with E-state index in [1.807, 2.05) is 12.1 Å². The maximum atomic E-state index is 10.9. The smallest absolute Gasteiger partial charge is 0.123 e. The average Bonchev–Trinajstić information content (AvgIpc) is 2.91. The van der Waals surface area contributed by atoms with Crippen LogP contribution in [0.5, 0.6) is 0 Å². The van der Waals surface area contributed by atoms with Gasteiger partial charge < -0.3 is 20.6 Å². The molecule has 3 N–H and O–H groups in total. The summed E-state index contributed by atoms with van der Waals surface area (Å²) in [6.07, 6.45) is 6.25. The first-order valence-corrected chi connectivity index (χ1v) is 7.56. The van der Waals surface area contributed by atoms with Crippen LogP contribution in [0.15, 0.2) is 18.3 Å². The van der Waals surface area contributed by atoms with E-state index in [0.717, 1.165) is 44.7 Å². The van der Waals surface area contributed by atoms with E-state index < -0.39 is 5.60 Å². The molecule has 1 aromatic rings. The van der Waals surface area contributed by atoms with Gasteiger partial charge in [-0.2, -0.15) is 0 Å². The van der Waals surface area contributed by atoms with Crippen molar-refractivity contribution in [2.75, 3.05) is 43.4 Å². The van der Waals surface area contributed by atoms with Gasteiger partial charge >= 0.3 is 0 Å². The van der Waals surface area contributed by atoms with E-state index in [9.17, 15) is 5.11 Å². The Bertz CT molecular complexity index is 444. The van der Waals surface area contributed by atoms with Crippen LogP contribution < -0.4 is 10.6 Å². The first-order valence-electron chi connectivity index (χ1n) is 7.56. The second kappa shape index (κ2) is 5.58. The Kier molecular flexibility index (Phi) is 3.81. The number of β-amino-alcohol motifs (C(OH)–C–C–N with tert-alkyl or cyclic N) is 1. The highest BCUT2D eigenvalue weighted by Crippen LogP contribution is 2.27. The largest absolute Gasteiger partial charge is 0.387 e. The van der Waals surface area contributed by atoms with Crippen molar-refractivity contribution in [1.29, 1.82) is 0 Å². The normalized spacial score (nSPS) is 27.9. The molecule has 0 amide bonds. The third-order valence-electron chi connectivity index (χ3n) is 4.41. The summed E-state index contributed by atoms with van der Waals surface area (Å²) in [7, 11) is 0. The number of aromatic nitrogens is 1. The Hall–Kier alpha value is -1.33. The zero-order chi connectivity index (χ0) is 14.0. The van der Waals surface area contributed by atoms with Gasteiger partial charge in [0.1, 0.15) is 5.82 Å². The molecule has 1 unspecified atom stereocenters. The molecule has 2 aliphatic heterocycles. The third-order valence-corrected chi connectivity index (χ3v) is 4.41. The molecule has 5 nitrogen and oxygen atoms in total. The van der Waals surface area contributed by atoms with Crippen molar-refractivity contribution in [3.63, 3.8) is 0 Å². The summed E-state index contributed by atoms with van der Waals surface area (Å²) >= 11 is 0. The highest BCUT2D eigenvalue weighted by atomic mass is 16.3. The molecule has 0 spiro atoms. The molecule has 3 rings (SSSR count). The number of aliphatic hydroxyl groups is 1. The van der Waals surface area contributed by atoms with Crippen molar-refractivity contribution in [3.8, 4) is 0 Å². The fourth-order valence-corrected chi connectivity index (χ4v) is 3.40. The van der Waals surface area contributed by atoms with Crippen LogP contribution in [0.4, 0.5) is 11.5 Å². The number of rotatable bonds is 3. The third kappa shape index (κ3) is 3.04. The standard InChI is InChI=1S/C15H24N4O/c16-14-5-4-13(10-17-14)19-9-3-6-15(20,12-19)11-18-7-1-2-8-18/h4-5,10,20H,1-3,6-9,11-12H2,(H2,16,17). The van der Waals surface area contributed by atoms with Gasteiger partial charge in [-0.25, -0.2) is 4.98 Å². The van der Waals surface area contributed by atoms with E-state index in [-0.39, 0.29) is 0 Å². The summed E-state index contributed by atoms with van der Waals surface area (Å²) in [6, 6.07) is 3.81. The van der Waals surface area contributed by atoms with Gasteiger partial charge in [-0.3, -0.25) is 0 Å². The summed E-state index contributed by atoms with van der Waals surface area (Å²) in [5, 5.41) is 10.9. The fourth-order valence-electron chi connectivity index (χ4n) is 3.40. The van der Waals surface area contributed by atoms with Gasteiger partial charge in [-0.15, -0.1) is 0 Å². The number of nitrogens with zero attached hydrogens (tertiary/aromatic N) is 3. The van der Waals surface area contributed by atoms with Crippen LogP contribution in [-0.4, -0.2) is 53.3 Å². The predicted octanol–water partition coefficient (Wildman–Crippen LogP) is 1.09. The predicted molar refractivity (Wildman–Crippen MR) is 80.7 cm³/mol. The minimum atomic E-state index is -0.593. The summed E-state index contributed by atoms with van der Waals surface area (Å²) in [6.45, 7) is 4.73. The second-order valence-electron chi connectivity index (χ2n) is 6.17. The molecule has 0 saturated carbocycles. The topological polar surface area (TPSA) is 65.6 Å². The van der Waals surface area contributed by atoms with Gasteiger partial charge in [0.2, 0.25) is 0 Å². The van der Waals surface area contributed by atoms with Gasteiger partial charge in [-0.1, -0.05) is 0 Å². The molecule has 2 aliphatic rings. The van der Waals surface area contributed by atoms with Crippen LogP contribution in [-0.2, 0) is 0 Å². The lowest BCUT2D eigenvalue weighted by atomic mass is 9.92. The first kappa shape index (κ1) is 13.6. The van der Waals surface area contributed by atoms with Crippen LogP contribution in [0.1, 0.15) is 25.7 Å². The van der Waals surface area contributed by atoms with E-state index in [1.165, 1.54) is 12.8 Å². The maximum absolute atomic E-state index is 10.9. The van der Waals surface area contributed by atoms with Gasteiger partial charge in [0.15, 0.2) is 0 Å². The number of nitrogens with two attached hydrogens (primary N) is 1. The van der Waals surface area contributed by atoms with Crippen LogP contribution in [0.25, 0.3) is 0 Å². The number of pyridine rings is 1. The van der Waals surface area contributed by atoms with Crippen molar-refractivity contribution >= 4 is 11.5 Å². The minimum absolute atomic E-state index is 0.540. The maximum Gasteiger partial charge on any atom is 0.123 e. The van der Waals surface area contributed by atoms with Crippen molar-refractivity contribution in [3.05, 3.63) is 18.3 Å². The molecule has 0 aliphatic carbocycles. The zero-order valence-corrected chi connectivity index (χ0v) is 12.0. The molecule has 1 atom stereocenters. The molecule has 20 heavy (non-hydrogen) atoms. The number of nitrogen functional groups attached to an aromatic ring is 1. The Morgan fingerprint density at radius 3 is 2.70 bits per heavy atom. The number of piperidine rings is 1. The molecular formula is C15H24N4O. The molecule has 0 bridgehead atoms. The Balaban J connectivity index is 1.67. The highest BCUT2D eigenvalue weighted by Gasteiger charge is 2.35. The number of hydrogen-bond donors (Lipinski definition) is 2. The van der Waals surface area contributed by atoms with Gasteiger partial charge in [-0.05, 0) is 50.9 Å². The molecule has 110 valence electrons. The van der Waals surface area contributed by atoms with Crippen LogP contribution in [0.3, 0.4) is 0 Å². The van der Waals surface area contributed by atoms with Crippen molar-refractivity contribution < 1.29 is 5.11 Å². The zero-order valence-electron chi connectivity index (χ0n) is 12.0. The Morgan fingerprint density at radius 1 is 1.20 bits per heavy atom. The molecule has 3 heterocycles. The summed E-state index contributed by atoms with van der Waals surface area (Å²) < 4.78 is 0.